The summed E-state index contributed by atoms with van der Waals surface area (Å²) in [5.41, 5.74) is 5.30. The zero-order chi connectivity index (χ0) is 28.2. The molecule has 208 valence electrons. The molecule has 0 heterocycles. The molecule has 11 heteroatoms. The lowest BCUT2D eigenvalue weighted by Gasteiger charge is -2.29. The predicted octanol–water partition coefficient (Wildman–Crippen LogP) is 4.46. The van der Waals surface area contributed by atoms with Crippen LogP contribution in [0.5, 0.6) is 11.5 Å². The number of carbonyl (C=O) groups excluding carboxylic acids is 4. The highest BCUT2D eigenvalue weighted by Gasteiger charge is 2.38. The van der Waals surface area contributed by atoms with Gasteiger partial charge in [-0.2, -0.15) is 0 Å². The topological polar surface area (TPSA) is 150 Å². The van der Waals surface area contributed by atoms with Crippen LogP contribution in [0.15, 0.2) is 18.2 Å². The second kappa shape index (κ2) is 15.0. The van der Waals surface area contributed by atoms with E-state index in [1.807, 2.05) is 13.8 Å². The number of ether oxygens (including phenoxy) is 6. The molecule has 0 bridgehead atoms. The third-order valence-electron chi connectivity index (χ3n) is 5.52. The van der Waals surface area contributed by atoms with Crippen molar-refractivity contribution in [2.45, 2.75) is 97.5 Å². The number of carbonyl (C=O) groups is 4. The molecule has 2 unspecified atom stereocenters. The van der Waals surface area contributed by atoms with Gasteiger partial charge in [0.1, 0.15) is 23.9 Å². The first-order valence-electron chi connectivity index (χ1n) is 12.3. The molecule has 1 rings (SSSR count). The Morgan fingerprint density at radius 1 is 0.838 bits per heavy atom. The van der Waals surface area contributed by atoms with Crippen LogP contribution < -0.4 is 15.2 Å². The number of rotatable bonds is 13. The van der Waals surface area contributed by atoms with Gasteiger partial charge in [-0.25, -0.2) is 9.59 Å². The van der Waals surface area contributed by atoms with Crippen LogP contribution in [0, 0.1) is 0 Å². The molecule has 37 heavy (non-hydrogen) atoms. The van der Waals surface area contributed by atoms with E-state index in [2.05, 4.69) is 0 Å². The average molecular weight is 526 g/mol. The fraction of sp³-hybridized carbons (Fsp3) is 0.615. The van der Waals surface area contributed by atoms with Crippen LogP contribution in [-0.2, 0) is 35.0 Å². The Morgan fingerprint density at radius 3 is 1.86 bits per heavy atom. The molecule has 1 aromatic rings. The molecule has 2 N–H and O–H groups in total. The smallest absolute Gasteiger partial charge is 0.468 e. The third-order valence-corrected chi connectivity index (χ3v) is 5.52. The van der Waals surface area contributed by atoms with Crippen LogP contribution in [-0.4, -0.2) is 55.2 Å². The minimum Gasteiger partial charge on any atom is -0.468 e. The molecule has 11 nitrogen and oxygen atoms in total. The lowest BCUT2D eigenvalue weighted by atomic mass is 9.86. The van der Waals surface area contributed by atoms with E-state index in [1.165, 1.54) is 19.2 Å². The summed E-state index contributed by atoms with van der Waals surface area (Å²) < 4.78 is 31.0. The standard InChI is InChI=1S/C26H39NO10/c1-8-16(4)34-24(30)36-20-12-11-19(13-21(20)37-25(31)35-17(5)9-2)15-26(27,23(29)32-7)14-18(6)33-22(28)10-3/h11-13,16-18H,8-10,14-15,27H2,1-7H3/t16-,17?,18?,26+/m0/s1. The maximum atomic E-state index is 12.6. The Bertz CT molecular complexity index is 934. The molecular weight excluding hydrogens is 486 g/mol. The van der Waals surface area contributed by atoms with E-state index in [-0.39, 0.29) is 36.9 Å². The van der Waals surface area contributed by atoms with Crippen molar-refractivity contribution in [2.24, 2.45) is 5.73 Å². The van der Waals surface area contributed by atoms with Crippen molar-refractivity contribution in [3.8, 4) is 11.5 Å². The van der Waals surface area contributed by atoms with Crippen LogP contribution in [0.25, 0.3) is 0 Å². The SMILES string of the molecule is CCC(=O)OC(C)C[C@@](N)(Cc1ccc(OC(=O)O[C@@H](C)CC)c(OC(=O)OC(C)CC)c1)C(=O)OC. The summed E-state index contributed by atoms with van der Waals surface area (Å²) in [6.07, 6.45) is -2.21. The molecule has 0 amide bonds. The molecule has 0 saturated carbocycles. The lowest BCUT2D eigenvalue weighted by Crippen LogP contribution is -2.53. The minimum atomic E-state index is -1.57. The van der Waals surface area contributed by atoms with Gasteiger partial charge in [0.2, 0.25) is 0 Å². The van der Waals surface area contributed by atoms with Crippen LogP contribution in [0.1, 0.15) is 72.8 Å². The van der Waals surface area contributed by atoms with Crippen molar-refractivity contribution in [1.29, 1.82) is 0 Å². The predicted molar refractivity (Wildman–Crippen MR) is 133 cm³/mol. The number of hydrogen-bond acceptors (Lipinski definition) is 11. The monoisotopic (exact) mass is 525 g/mol. The Balaban J connectivity index is 3.28. The van der Waals surface area contributed by atoms with E-state index in [1.54, 1.807) is 33.8 Å². The minimum absolute atomic E-state index is 0.0306. The van der Waals surface area contributed by atoms with Gasteiger partial charge in [0, 0.05) is 19.3 Å². The summed E-state index contributed by atoms with van der Waals surface area (Å²) in [5.74, 6) is -1.38. The number of esters is 2. The van der Waals surface area contributed by atoms with Gasteiger partial charge < -0.3 is 34.2 Å². The van der Waals surface area contributed by atoms with E-state index in [0.717, 1.165) is 0 Å². The first-order chi connectivity index (χ1) is 17.4. The second-order valence-corrected chi connectivity index (χ2v) is 8.84. The van der Waals surface area contributed by atoms with E-state index in [4.69, 9.17) is 34.2 Å². The number of benzene rings is 1. The molecular formula is C26H39NO10. The van der Waals surface area contributed by atoms with Crippen molar-refractivity contribution in [2.75, 3.05) is 7.11 Å². The Labute approximate surface area is 217 Å². The fourth-order valence-corrected chi connectivity index (χ4v) is 3.21. The number of hydrogen-bond donors (Lipinski definition) is 1. The van der Waals surface area contributed by atoms with Gasteiger partial charge in [0.15, 0.2) is 11.5 Å². The fourth-order valence-electron chi connectivity index (χ4n) is 3.21. The van der Waals surface area contributed by atoms with Crippen molar-refractivity contribution in [3.63, 3.8) is 0 Å². The molecule has 0 aromatic heterocycles. The highest BCUT2D eigenvalue weighted by Crippen LogP contribution is 2.32. The molecule has 0 aliphatic rings. The summed E-state index contributed by atoms with van der Waals surface area (Å²) in [5, 5.41) is 0. The van der Waals surface area contributed by atoms with Gasteiger partial charge in [0.05, 0.1) is 7.11 Å². The van der Waals surface area contributed by atoms with Crippen LogP contribution in [0.2, 0.25) is 0 Å². The normalized spacial score (nSPS) is 14.8. The van der Waals surface area contributed by atoms with E-state index in [0.29, 0.717) is 18.4 Å². The lowest BCUT2D eigenvalue weighted by molar-refractivity contribution is -0.154. The van der Waals surface area contributed by atoms with Crippen LogP contribution in [0.4, 0.5) is 9.59 Å². The van der Waals surface area contributed by atoms with E-state index < -0.39 is 42.0 Å². The zero-order valence-corrected chi connectivity index (χ0v) is 22.7. The Hall–Kier alpha value is -3.34. The van der Waals surface area contributed by atoms with Gasteiger partial charge in [-0.15, -0.1) is 0 Å². The highest BCUT2D eigenvalue weighted by molar-refractivity contribution is 5.81. The average Bonchev–Trinajstić information content (AvgIpc) is 2.84. The molecule has 0 spiro atoms. The molecule has 4 atom stereocenters. The number of nitrogens with two attached hydrogens (primary N) is 1. The molecule has 0 saturated heterocycles. The zero-order valence-electron chi connectivity index (χ0n) is 22.7. The summed E-state index contributed by atoms with van der Waals surface area (Å²) in [4.78, 5) is 48.8. The van der Waals surface area contributed by atoms with E-state index >= 15 is 0 Å². The maximum Gasteiger partial charge on any atom is 0.514 e. The summed E-state index contributed by atoms with van der Waals surface area (Å²) >= 11 is 0. The first kappa shape index (κ1) is 31.7. The van der Waals surface area contributed by atoms with Gasteiger partial charge in [-0.3, -0.25) is 9.59 Å². The van der Waals surface area contributed by atoms with Crippen molar-refractivity contribution in [3.05, 3.63) is 23.8 Å². The van der Waals surface area contributed by atoms with Crippen molar-refractivity contribution in [1.82, 2.24) is 0 Å². The van der Waals surface area contributed by atoms with Crippen molar-refractivity contribution < 1.29 is 47.6 Å². The van der Waals surface area contributed by atoms with Gasteiger partial charge >= 0.3 is 24.2 Å². The molecule has 0 aliphatic carbocycles. The molecule has 0 radical (unpaired) electrons. The van der Waals surface area contributed by atoms with Gasteiger partial charge in [-0.05, 0) is 51.3 Å². The van der Waals surface area contributed by atoms with Gasteiger partial charge in [0.25, 0.3) is 0 Å². The van der Waals surface area contributed by atoms with E-state index in [9.17, 15) is 19.2 Å². The summed E-state index contributed by atoms with van der Waals surface area (Å²) in [7, 11) is 1.20. The van der Waals surface area contributed by atoms with Gasteiger partial charge in [-0.1, -0.05) is 26.8 Å². The molecule has 0 fully saturated rings. The van der Waals surface area contributed by atoms with Crippen LogP contribution >= 0.6 is 0 Å². The first-order valence-corrected chi connectivity index (χ1v) is 12.3. The Morgan fingerprint density at radius 2 is 1.38 bits per heavy atom. The molecule has 0 aliphatic heterocycles. The summed E-state index contributed by atoms with van der Waals surface area (Å²) in [6, 6.07) is 4.33. The quantitative estimate of drug-likeness (QED) is 0.221. The number of methoxy groups -OCH3 is 1. The second-order valence-electron chi connectivity index (χ2n) is 8.84. The van der Waals surface area contributed by atoms with Crippen molar-refractivity contribution >= 4 is 24.2 Å². The Kier molecular flexibility index (Phi) is 12.9. The summed E-state index contributed by atoms with van der Waals surface area (Å²) in [6.45, 7) is 10.4. The highest BCUT2D eigenvalue weighted by atomic mass is 16.7. The van der Waals surface area contributed by atoms with Crippen LogP contribution in [0.3, 0.4) is 0 Å². The maximum absolute atomic E-state index is 12.6. The third kappa shape index (κ3) is 10.7. The largest absolute Gasteiger partial charge is 0.514 e. The molecule has 1 aromatic carbocycles.